The maximum Gasteiger partial charge on any atom is 0.343 e. The number of rotatable bonds is 6. The highest BCUT2D eigenvalue weighted by atomic mass is 16.6. The Kier molecular flexibility index (Phi) is 6.46. The van der Waals surface area contributed by atoms with Crippen LogP contribution in [0.1, 0.15) is 25.3 Å². The van der Waals surface area contributed by atoms with Gasteiger partial charge >= 0.3 is 5.97 Å². The van der Waals surface area contributed by atoms with Crippen molar-refractivity contribution in [1.29, 1.82) is 0 Å². The van der Waals surface area contributed by atoms with Crippen LogP contribution in [0.3, 0.4) is 0 Å². The number of aryl methyl sites for hydroxylation is 1. The van der Waals surface area contributed by atoms with Gasteiger partial charge in [0.2, 0.25) is 5.91 Å². The smallest absolute Gasteiger partial charge is 0.343 e. The van der Waals surface area contributed by atoms with Gasteiger partial charge in [-0.15, -0.1) is 0 Å². The molecule has 0 aromatic heterocycles. The molecule has 0 saturated carbocycles. The third-order valence-electron chi connectivity index (χ3n) is 4.22. The van der Waals surface area contributed by atoms with Gasteiger partial charge < -0.3 is 19.7 Å². The first-order valence-electron chi connectivity index (χ1n) is 8.31. The van der Waals surface area contributed by atoms with Crippen molar-refractivity contribution in [3.63, 3.8) is 0 Å². The molecule has 1 fully saturated rings. The van der Waals surface area contributed by atoms with Crippen molar-refractivity contribution < 1.29 is 19.1 Å². The van der Waals surface area contributed by atoms with E-state index in [1.54, 1.807) is 6.07 Å². The number of hydrogen-bond acceptors (Lipinski definition) is 5. The van der Waals surface area contributed by atoms with E-state index in [0.29, 0.717) is 11.7 Å². The number of methoxy groups -OCH3 is 1. The maximum atomic E-state index is 12.3. The van der Waals surface area contributed by atoms with E-state index in [1.807, 2.05) is 24.0 Å². The molecule has 6 nitrogen and oxygen atoms in total. The Morgan fingerprint density at radius 2 is 2.17 bits per heavy atom. The fourth-order valence-corrected chi connectivity index (χ4v) is 2.82. The number of hydrogen-bond donors (Lipinski definition) is 1. The first-order valence-corrected chi connectivity index (χ1v) is 8.31. The Balaban J connectivity index is 1.86. The molecule has 1 aliphatic heterocycles. The fourth-order valence-electron chi connectivity index (χ4n) is 2.82. The number of likely N-dealkylation sites (tertiary alicyclic amines) is 1. The summed E-state index contributed by atoms with van der Waals surface area (Å²) < 4.78 is 9.89. The molecule has 24 heavy (non-hydrogen) atoms. The molecule has 1 aliphatic rings. The van der Waals surface area contributed by atoms with Gasteiger partial charge in [-0.25, -0.2) is 4.79 Å². The predicted molar refractivity (Wildman–Crippen MR) is 92.2 cm³/mol. The lowest BCUT2D eigenvalue weighted by atomic mass is 10.0. The summed E-state index contributed by atoms with van der Waals surface area (Å²) in [6.07, 6.45) is 2.28. The molecule has 0 spiro atoms. The summed E-state index contributed by atoms with van der Waals surface area (Å²) in [5.41, 5.74) is 1.84. The van der Waals surface area contributed by atoms with Crippen LogP contribution in [0.25, 0.3) is 0 Å². The van der Waals surface area contributed by atoms with Crippen LogP contribution in [-0.4, -0.2) is 50.1 Å². The van der Waals surface area contributed by atoms with Gasteiger partial charge in [0.05, 0.1) is 13.7 Å². The van der Waals surface area contributed by atoms with E-state index in [2.05, 4.69) is 17.0 Å². The number of carbonyl (C=O) groups is 2. The average Bonchev–Trinajstić information content (AvgIpc) is 2.58. The SMILES string of the molecule is COC(=O)COc1ccc(NCC(=O)N2CCC[C@@H](C)C2)c(C)c1. The van der Waals surface area contributed by atoms with Gasteiger partial charge in [-0.1, -0.05) is 6.92 Å². The molecular formula is C18H26N2O4. The molecule has 6 heteroatoms. The highest BCUT2D eigenvalue weighted by Crippen LogP contribution is 2.22. The minimum absolute atomic E-state index is 0.117. The van der Waals surface area contributed by atoms with Crippen LogP contribution in [0.5, 0.6) is 5.75 Å². The number of ether oxygens (including phenoxy) is 2. The number of nitrogens with one attached hydrogen (secondary N) is 1. The van der Waals surface area contributed by atoms with E-state index >= 15 is 0 Å². The Hall–Kier alpha value is -2.24. The summed E-state index contributed by atoms with van der Waals surface area (Å²) >= 11 is 0. The minimum atomic E-state index is -0.420. The zero-order valence-electron chi connectivity index (χ0n) is 14.6. The van der Waals surface area contributed by atoms with Crippen LogP contribution in [-0.2, 0) is 14.3 Å². The summed E-state index contributed by atoms with van der Waals surface area (Å²) in [4.78, 5) is 25.3. The predicted octanol–water partition coefficient (Wildman–Crippen LogP) is 2.22. The van der Waals surface area contributed by atoms with Crippen LogP contribution >= 0.6 is 0 Å². The molecule has 1 aromatic carbocycles. The van der Waals surface area contributed by atoms with Crippen LogP contribution in [0, 0.1) is 12.8 Å². The molecule has 1 heterocycles. The number of amides is 1. The molecule has 1 saturated heterocycles. The Morgan fingerprint density at radius 1 is 1.38 bits per heavy atom. The van der Waals surface area contributed by atoms with Crippen molar-refractivity contribution in [3.05, 3.63) is 23.8 Å². The second-order valence-corrected chi connectivity index (χ2v) is 6.28. The highest BCUT2D eigenvalue weighted by molar-refractivity contribution is 5.81. The summed E-state index contributed by atoms with van der Waals surface area (Å²) in [6.45, 7) is 5.99. The number of benzene rings is 1. The van der Waals surface area contributed by atoms with Gasteiger partial charge in [-0.2, -0.15) is 0 Å². The molecular weight excluding hydrogens is 308 g/mol. The third-order valence-corrected chi connectivity index (χ3v) is 4.22. The van der Waals surface area contributed by atoms with Crippen molar-refractivity contribution in [1.82, 2.24) is 4.90 Å². The van der Waals surface area contributed by atoms with Crippen LogP contribution in [0.15, 0.2) is 18.2 Å². The van der Waals surface area contributed by atoms with Crippen molar-refractivity contribution in [3.8, 4) is 5.75 Å². The van der Waals surface area contributed by atoms with Crippen molar-refractivity contribution in [2.75, 3.05) is 38.7 Å². The molecule has 1 N–H and O–H groups in total. The lowest BCUT2D eigenvalue weighted by molar-refractivity contribution is -0.142. The topological polar surface area (TPSA) is 67.9 Å². The fraction of sp³-hybridized carbons (Fsp3) is 0.556. The zero-order valence-corrected chi connectivity index (χ0v) is 14.6. The first-order chi connectivity index (χ1) is 11.5. The normalized spacial score (nSPS) is 17.3. The van der Waals surface area contributed by atoms with Crippen molar-refractivity contribution in [2.24, 2.45) is 5.92 Å². The lowest BCUT2D eigenvalue weighted by Crippen LogP contribution is -2.42. The Bertz CT molecular complexity index is 588. The summed E-state index contributed by atoms with van der Waals surface area (Å²) in [6, 6.07) is 5.46. The van der Waals surface area contributed by atoms with Gasteiger partial charge in [0.1, 0.15) is 5.75 Å². The van der Waals surface area contributed by atoms with E-state index in [1.165, 1.54) is 13.5 Å². The quantitative estimate of drug-likeness (QED) is 0.808. The Morgan fingerprint density at radius 3 is 2.83 bits per heavy atom. The summed E-state index contributed by atoms with van der Waals surface area (Å²) in [5, 5.41) is 3.19. The summed E-state index contributed by atoms with van der Waals surface area (Å²) in [5.74, 6) is 0.887. The molecule has 0 unspecified atom stereocenters. The molecule has 1 aromatic rings. The van der Waals surface area contributed by atoms with Gasteiger partial charge in [0.15, 0.2) is 6.61 Å². The largest absolute Gasteiger partial charge is 0.482 e. The van der Waals surface area contributed by atoms with E-state index in [9.17, 15) is 9.59 Å². The molecule has 0 aliphatic carbocycles. The van der Waals surface area contributed by atoms with E-state index in [4.69, 9.17) is 4.74 Å². The molecule has 132 valence electrons. The minimum Gasteiger partial charge on any atom is -0.482 e. The zero-order chi connectivity index (χ0) is 17.5. The van der Waals surface area contributed by atoms with Gasteiger partial charge in [0.25, 0.3) is 0 Å². The van der Waals surface area contributed by atoms with E-state index < -0.39 is 5.97 Å². The molecule has 0 bridgehead atoms. The van der Waals surface area contributed by atoms with Crippen molar-refractivity contribution >= 4 is 17.6 Å². The standard InChI is InChI=1S/C18H26N2O4/c1-13-5-4-8-20(11-13)17(21)10-19-16-7-6-15(9-14(16)2)24-12-18(22)23-3/h6-7,9,13,19H,4-5,8,10-12H2,1-3H3/t13-/m1/s1. The third kappa shape index (κ3) is 5.15. The number of esters is 1. The van der Waals surface area contributed by atoms with Gasteiger partial charge in [-0.05, 0) is 49.4 Å². The monoisotopic (exact) mass is 334 g/mol. The van der Waals surface area contributed by atoms with Gasteiger partial charge in [0, 0.05) is 18.8 Å². The van der Waals surface area contributed by atoms with Crippen LogP contribution < -0.4 is 10.1 Å². The lowest BCUT2D eigenvalue weighted by Gasteiger charge is -2.31. The van der Waals surface area contributed by atoms with E-state index in [0.717, 1.165) is 30.8 Å². The number of nitrogens with zero attached hydrogens (tertiary/aromatic N) is 1. The van der Waals surface area contributed by atoms with Crippen LogP contribution in [0.4, 0.5) is 5.69 Å². The Labute approximate surface area is 143 Å². The number of piperidine rings is 1. The number of anilines is 1. The highest BCUT2D eigenvalue weighted by Gasteiger charge is 2.20. The maximum absolute atomic E-state index is 12.3. The molecule has 0 radical (unpaired) electrons. The number of carbonyl (C=O) groups excluding carboxylic acids is 2. The van der Waals surface area contributed by atoms with Crippen molar-refractivity contribution in [2.45, 2.75) is 26.7 Å². The average molecular weight is 334 g/mol. The summed E-state index contributed by atoms with van der Waals surface area (Å²) in [7, 11) is 1.32. The molecule has 2 rings (SSSR count). The van der Waals surface area contributed by atoms with Gasteiger partial charge in [-0.3, -0.25) is 4.79 Å². The molecule has 1 atom stereocenters. The van der Waals surface area contributed by atoms with E-state index in [-0.39, 0.29) is 19.1 Å². The second kappa shape index (κ2) is 8.57. The van der Waals surface area contributed by atoms with Crippen LogP contribution in [0.2, 0.25) is 0 Å². The second-order valence-electron chi connectivity index (χ2n) is 6.28. The first kappa shape index (κ1) is 18.1. The molecule has 1 amide bonds.